The third-order valence-electron chi connectivity index (χ3n) is 7.10. The van der Waals surface area contributed by atoms with E-state index < -0.39 is 30.0 Å². The van der Waals surface area contributed by atoms with Crippen LogP contribution in [-0.2, 0) is 32.0 Å². The molecule has 2 aliphatic heterocycles. The maximum Gasteiger partial charge on any atom is 0.326 e. The molecular weight excluding hydrogens is 486 g/mol. The topological polar surface area (TPSA) is 141 Å². The summed E-state index contributed by atoms with van der Waals surface area (Å²) >= 11 is 0. The van der Waals surface area contributed by atoms with E-state index in [1.807, 2.05) is 36.4 Å². The summed E-state index contributed by atoms with van der Waals surface area (Å²) in [7, 11) is 0. The van der Waals surface area contributed by atoms with E-state index in [1.165, 1.54) is 4.90 Å². The van der Waals surface area contributed by atoms with Crippen LogP contribution in [0.1, 0.15) is 43.2 Å². The summed E-state index contributed by atoms with van der Waals surface area (Å²) in [5.41, 5.74) is 1.73. The molecule has 3 heterocycles. The third-order valence-corrected chi connectivity index (χ3v) is 7.10. The van der Waals surface area contributed by atoms with Crippen LogP contribution in [0.5, 0.6) is 0 Å². The van der Waals surface area contributed by atoms with Gasteiger partial charge in [0.25, 0.3) is 0 Å². The number of hydrogen-bond donors (Lipinski definition) is 4. The number of amides is 3. The molecule has 10 heteroatoms. The largest absolute Gasteiger partial charge is 0.480 e. The number of benzene rings is 1. The molecule has 4 rings (SSSR count). The fraction of sp³-hybridized carbons (Fsp3) is 0.464. The lowest BCUT2D eigenvalue weighted by molar-refractivity contribution is -0.149. The second-order valence-electron chi connectivity index (χ2n) is 9.96. The number of carbonyl (C=O) groups is 4. The maximum atomic E-state index is 13.5. The van der Waals surface area contributed by atoms with Gasteiger partial charge >= 0.3 is 5.97 Å². The Kier molecular flexibility index (Phi) is 9.42. The summed E-state index contributed by atoms with van der Waals surface area (Å²) < 4.78 is 0. The second-order valence-corrected chi connectivity index (χ2v) is 9.96. The Balaban J connectivity index is 1.48. The number of aromatic nitrogens is 1. The summed E-state index contributed by atoms with van der Waals surface area (Å²) in [6.07, 6.45) is 6.52. The third kappa shape index (κ3) is 7.38. The van der Waals surface area contributed by atoms with Crippen molar-refractivity contribution in [2.45, 2.75) is 69.1 Å². The van der Waals surface area contributed by atoms with Crippen LogP contribution in [0.15, 0.2) is 54.9 Å². The van der Waals surface area contributed by atoms with Crippen LogP contribution in [-0.4, -0.2) is 75.9 Å². The molecule has 4 N–H and O–H groups in total. The quantitative estimate of drug-likeness (QED) is 0.346. The Morgan fingerprint density at radius 1 is 1.00 bits per heavy atom. The van der Waals surface area contributed by atoms with Crippen molar-refractivity contribution in [3.8, 4) is 0 Å². The number of carboxylic acids is 1. The molecular formula is C28H35N5O5. The summed E-state index contributed by atoms with van der Waals surface area (Å²) in [5.74, 6) is -2.00. The zero-order valence-corrected chi connectivity index (χ0v) is 21.3. The van der Waals surface area contributed by atoms with Crippen LogP contribution < -0.4 is 16.0 Å². The summed E-state index contributed by atoms with van der Waals surface area (Å²) in [5, 5.41) is 18.6. The van der Waals surface area contributed by atoms with E-state index >= 15 is 0 Å². The lowest BCUT2D eigenvalue weighted by Gasteiger charge is -2.28. The summed E-state index contributed by atoms with van der Waals surface area (Å²) in [6, 6.07) is 10.6. The van der Waals surface area contributed by atoms with Gasteiger partial charge in [-0.15, -0.1) is 0 Å². The molecule has 0 radical (unpaired) electrons. The Hall–Kier alpha value is -3.79. The minimum atomic E-state index is -1.05. The Morgan fingerprint density at radius 3 is 2.47 bits per heavy atom. The van der Waals surface area contributed by atoms with E-state index in [0.29, 0.717) is 25.8 Å². The first-order valence-electron chi connectivity index (χ1n) is 13.2. The predicted octanol–water partition coefficient (Wildman–Crippen LogP) is 1.05. The van der Waals surface area contributed by atoms with Crippen LogP contribution in [0.25, 0.3) is 0 Å². The van der Waals surface area contributed by atoms with E-state index in [9.17, 15) is 24.3 Å². The molecule has 3 amide bonds. The monoisotopic (exact) mass is 521 g/mol. The fourth-order valence-corrected chi connectivity index (χ4v) is 5.20. The molecule has 0 bridgehead atoms. The normalized spacial score (nSPS) is 20.5. The number of carboxylic acid groups (broad SMARTS) is 1. The van der Waals surface area contributed by atoms with Gasteiger partial charge in [-0.3, -0.25) is 19.4 Å². The number of nitrogens with one attached hydrogen (secondary N) is 3. The molecule has 10 nitrogen and oxygen atoms in total. The lowest BCUT2D eigenvalue weighted by atomic mass is 10.0. The van der Waals surface area contributed by atoms with Crippen molar-refractivity contribution in [1.82, 2.24) is 25.8 Å². The molecule has 2 saturated heterocycles. The fourth-order valence-electron chi connectivity index (χ4n) is 5.20. The average Bonchev–Trinajstić information content (AvgIpc) is 3.62. The lowest BCUT2D eigenvalue weighted by Crippen LogP contribution is -2.54. The SMILES string of the molecule is O=C(CC(Cc1ccccc1)NC(=O)C1CCCN1)NC(Cc1cccnc1)C(=O)N1CCCC1C(=O)O. The number of pyridine rings is 1. The molecule has 202 valence electrons. The molecule has 0 spiro atoms. The van der Waals surface area contributed by atoms with Gasteiger partial charge in [-0.05, 0) is 55.8 Å². The molecule has 0 aliphatic carbocycles. The van der Waals surface area contributed by atoms with Gasteiger partial charge in [-0.2, -0.15) is 0 Å². The Labute approximate surface area is 222 Å². The minimum absolute atomic E-state index is 0.0213. The van der Waals surface area contributed by atoms with Crippen molar-refractivity contribution >= 4 is 23.7 Å². The second kappa shape index (κ2) is 13.1. The number of rotatable bonds is 11. The Morgan fingerprint density at radius 2 is 1.79 bits per heavy atom. The first-order valence-corrected chi connectivity index (χ1v) is 13.2. The molecule has 4 unspecified atom stereocenters. The van der Waals surface area contributed by atoms with Gasteiger partial charge in [0, 0.05) is 37.8 Å². The number of nitrogens with zero attached hydrogens (tertiary/aromatic N) is 2. The zero-order chi connectivity index (χ0) is 26.9. The van der Waals surface area contributed by atoms with Crippen molar-refractivity contribution in [1.29, 1.82) is 0 Å². The van der Waals surface area contributed by atoms with E-state index in [0.717, 1.165) is 30.5 Å². The molecule has 1 aromatic carbocycles. The predicted molar refractivity (Wildman–Crippen MR) is 140 cm³/mol. The van der Waals surface area contributed by atoms with Crippen molar-refractivity contribution in [3.63, 3.8) is 0 Å². The highest BCUT2D eigenvalue weighted by Gasteiger charge is 2.38. The number of likely N-dealkylation sites (tertiary alicyclic amines) is 1. The smallest absolute Gasteiger partial charge is 0.326 e. The van der Waals surface area contributed by atoms with Crippen molar-refractivity contribution < 1.29 is 24.3 Å². The van der Waals surface area contributed by atoms with Crippen molar-refractivity contribution in [2.24, 2.45) is 0 Å². The molecule has 2 aromatic rings. The van der Waals surface area contributed by atoms with Crippen LogP contribution >= 0.6 is 0 Å². The van der Waals surface area contributed by atoms with E-state index in [-0.39, 0.29) is 30.7 Å². The van der Waals surface area contributed by atoms with Gasteiger partial charge in [-0.25, -0.2) is 4.79 Å². The zero-order valence-electron chi connectivity index (χ0n) is 21.3. The summed E-state index contributed by atoms with van der Waals surface area (Å²) in [6.45, 7) is 1.12. The van der Waals surface area contributed by atoms with Crippen LogP contribution in [0.4, 0.5) is 0 Å². The van der Waals surface area contributed by atoms with Gasteiger partial charge in [0.15, 0.2) is 0 Å². The van der Waals surface area contributed by atoms with Gasteiger partial charge in [0.1, 0.15) is 12.1 Å². The maximum absolute atomic E-state index is 13.5. The highest BCUT2D eigenvalue weighted by atomic mass is 16.4. The van der Waals surface area contributed by atoms with E-state index in [1.54, 1.807) is 18.5 Å². The minimum Gasteiger partial charge on any atom is -0.480 e. The van der Waals surface area contributed by atoms with Crippen LogP contribution in [0.3, 0.4) is 0 Å². The molecule has 0 saturated carbocycles. The number of aliphatic carboxylic acids is 1. The van der Waals surface area contributed by atoms with Crippen LogP contribution in [0, 0.1) is 0 Å². The van der Waals surface area contributed by atoms with Crippen molar-refractivity contribution in [2.75, 3.05) is 13.1 Å². The Bertz CT molecular complexity index is 1110. The molecule has 2 aliphatic rings. The molecule has 38 heavy (non-hydrogen) atoms. The van der Waals surface area contributed by atoms with Gasteiger partial charge in [0.05, 0.1) is 6.04 Å². The first-order chi connectivity index (χ1) is 18.4. The molecule has 4 atom stereocenters. The van der Waals surface area contributed by atoms with Crippen molar-refractivity contribution in [3.05, 3.63) is 66.0 Å². The van der Waals surface area contributed by atoms with Crippen LogP contribution in [0.2, 0.25) is 0 Å². The highest BCUT2D eigenvalue weighted by Crippen LogP contribution is 2.20. The van der Waals surface area contributed by atoms with Gasteiger partial charge < -0.3 is 26.0 Å². The van der Waals surface area contributed by atoms with Gasteiger partial charge in [-0.1, -0.05) is 36.4 Å². The molecule has 1 aromatic heterocycles. The molecule has 2 fully saturated rings. The first kappa shape index (κ1) is 27.3. The van der Waals surface area contributed by atoms with E-state index in [4.69, 9.17) is 0 Å². The number of hydrogen-bond acceptors (Lipinski definition) is 6. The standard InChI is InChI=1S/C28H35N5O5/c34-25(17-21(15-19-7-2-1-3-8-19)31-26(35)22-10-5-13-30-22)32-23(16-20-9-4-12-29-18-20)27(36)33-14-6-11-24(33)28(37)38/h1-4,7-9,12,18,21-24,30H,5-6,10-11,13-17H2,(H,31,35)(H,32,34)(H,37,38). The average molecular weight is 522 g/mol. The van der Waals surface area contributed by atoms with Gasteiger partial charge in [0.2, 0.25) is 17.7 Å². The number of carbonyl (C=O) groups excluding carboxylic acids is 3. The summed E-state index contributed by atoms with van der Waals surface area (Å²) in [4.78, 5) is 56.8. The highest BCUT2D eigenvalue weighted by molar-refractivity contribution is 5.91. The van der Waals surface area contributed by atoms with E-state index in [2.05, 4.69) is 20.9 Å².